The lowest BCUT2D eigenvalue weighted by atomic mass is 10.1. The van der Waals surface area contributed by atoms with Crippen LogP contribution in [-0.2, 0) is 0 Å². The third kappa shape index (κ3) is 1.04. The highest BCUT2D eigenvalue weighted by atomic mass is 35.5. The van der Waals surface area contributed by atoms with Crippen molar-refractivity contribution in [3.8, 4) is 0 Å². The number of hydrogen-bond acceptors (Lipinski definition) is 2. The quantitative estimate of drug-likeness (QED) is 0.467. The van der Waals surface area contributed by atoms with Gasteiger partial charge in [0.2, 0.25) is 0 Å². The predicted octanol–water partition coefficient (Wildman–Crippen LogP) is 1.74. The number of carbonyl (C=O) groups is 2. The van der Waals surface area contributed by atoms with E-state index in [9.17, 15) is 9.59 Å². The second kappa shape index (κ2) is 2.57. The summed E-state index contributed by atoms with van der Waals surface area (Å²) in [5.41, 5.74) is 1.71. The van der Waals surface area contributed by atoms with Gasteiger partial charge in [0, 0.05) is 11.8 Å². The lowest BCUT2D eigenvalue weighted by Gasteiger charge is -1.97. The van der Waals surface area contributed by atoms with Gasteiger partial charge in [-0.3, -0.25) is 9.59 Å². The van der Waals surface area contributed by atoms with Gasteiger partial charge in [-0.05, 0) is 19.1 Å². The molecule has 1 aromatic rings. The fourth-order valence-electron chi connectivity index (χ4n) is 1.33. The molecule has 0 unspecified atom stereocenters. The normalized spacial score (nSPS) is 15.1. The topological polar surface area (TPSA) is 37.4 Å². The van der Waals surface area contributed by atoms with E-state index >= 15 is 0 Å². The van der Waals surface area contributed by atoms with Crippen LogP contribution in [0, 0.1) is 6.92 Å². The summed E-state index contributed by atoms with van der Waals surface area (Å²) in [6.45, 7) is 1.86. The van der Waals surface area contributed by atoms with E-state index in [1.54, 1.807) is 18.2 Å². The highest BCUT2D eigenvalue weighted by Crippen LogP contribution is 2.24. The Morgan fingerprint density at radius 1 is 1.15 bits per heavy atom. The Kier molecular flexibility index (Phi) is 1.63. The van der Waals surface area contributed by atoms with Gasteiger partial charge in [-0.25, -0.2) is 0 Å². The highest BCUT2D eigenvalue weighted by molar-refractivity contribution is 6.39. The standard InChI is InChI=1S/C9H6ClNO2/c1-5-2-3-6-7(4-5)9(13)11(10)8(6)12/h2-4H,1H3. The average molecular weight is 196 g/mol. The van der Waals surface area contributed by atoms with Crippen molar-refractivity contribution in [2.75, 3.05) is 0 Å². The molecule has 0 bridgehead atoms. The van der Waals surface area contributed by atoms with Crippen LogP contribution in [-0.4, -0.2) is 16.2 Å². The first-order chi connectivity index (χ1) is 6.11. The average Bonchev–Trinajstić information content (AvgIpc) is 2.32. The summed E-state index contributed by atoms with van der Waals surface area (Å²) in [5, 5.41) is 0. The van der Waals surface area contributed by atoms with Gasteiger partial charge in [-0.2, -0.15) is 4.42 Å². The summed E-state index contributed by atoms with van der Waals surface area (Å²) < 4.78 is 0.615. The Morgan fingerprint density at radius 2 is 1.77 bits per heavy atom. The van der Waals surface area contributed by atoms with Crippen molar-refractivity contribution < 1.29 is 9.59 Å². The molecule has 0 aromatic heterocycles. The van der Waals surface area contributed by atoms with Crippen molar-refractivity contribution in [3.63, 3.8) is 0 Å². The van der Waals surface area contributed by atoms with Crippen molar-refractivity contribution in [3.05, 3.63) is 34.9 Å². The van der Waals surface area contributed by atoms with E-state index in [1.807, 2.05) is 6.92 Å². The summed E-state index contributed by atoms with van der Waals surface area (Å²) in [6.07, 6.45) is 0. The molecule has 0 aliphatic carbocycles. The van der Waals surface area contributed by atoms with E-state index < -0.39 is 11.8 Å². The summed E-state index contributed by atoms with van der Waals surface area (Å²) in [5.74, 6) is -0.882. The molecule has 0 radical (unpaired) electrons. The minimum Gasteiger partial charge on any atom is -0.267 e. The molecule has 0 spiro atoms. The maximum atomic E-state index is 11.3. The Hall–Kier alpha value is -1.35. The summed E-state index contributed by atoms with van der Waals surface area (Å²) in [6, 6.07) is 5.06. The highest BCUT2D eigenvalue weighted by Gasteiger charge is 2.34. The van der Waals surface area contributed by atoms with E-state index in [2.05, 4.69) is 0 Å². The first kappa shape index (κ1) is 8.26. The van der Waals surface area contributed by atoms with Crippen LogP contribution in [0.1, 0.15) is 26.3 Å². The lowest BCUT2D eigenvalue weighted by Crippen LogP contribution is -2.18. The van der Waals surface area contributed by atoms with Crippen LogP contribution in [0.5, 0.6) is 0 Å². The molecule has 0 saturated heterocycles. The van der Waals surface area contributed by atoms with E-state index in [0.29, 0.717) is 15.5 Å². The molecule has 66 valence electrons. The molecule has 0 N–H and O–H groups in total. The van der Waals surface area contributed by atoms with Crippen LogP contribution in [0.15, 0.2) is 18.2 Å². The van der Waals surface area contributed by atoms with Crippen LogP contribution in [0.25, 0.3) is 0 Å². The van der Waals surface area contributed by atoms with Crippen LogP contribution in [0.3, 0.4) is 0 Å². The van der Waals surface area contributed by atoms with Gasteiger partial charge in [-0.1, -0.05) is 11.6 Å². The summed E-state index contributed by atoms with van der Waals surface area (Å²) in [7, 11) is 0. The SMILES string of the molecule is Cc1ccc2c(c1)C(=O)N(Cl)C2=O. The Labute approximate surface area is 80.0 Å². The van der Waals surface area contributed by atoms with E-state index in [4.69, 9.17) is 11.8 Å². The second-order valence-corrected chi connectivity index (χ2v) is 3.28. The van der Waals surface area contributed by atoms with E-state index in [-0.39, 0.29) is 0 Å². The van der Waals surface area contributed by atoms with Gasteiger partial charge in [0.05, 0.1) is 11.1 Å². The Balaban J connectivity index is 2.67. The van der Waals surface area contributed by atoms with Crippen molar-refractivity contribution >= 4 is 23.6 Å². The molecule has 0 saturated carbocycles. The molecule has 0 atom stereocenters. The lowest BCUT2D eigenvalue weighted by molar-refractivity contribution is 0.0767. The molecule has 13 heavy (non-hydrogen) atoms. The van der Waals surface area contributed by atoms with Crippen LogP contribution in [0.4, 0.5) is 0 Å². The molecule has 4 heteroatoms. The zero-order chi connectivity index (χ0) is 9.59. The number of nitrogens with zero attached hydrogens (tertiary/aromatic N) is 1. The number of carbonyl (C=O) groups excluding carboxylic acids is 2. The second-order valence-electron chi connectivity index (χ2n) is 2.94. The number of halogens is 1. The predicted molar refractivity (Wildman–Crippen MR) is 47.5 cm³/mol. The van der Waals surface area contributed by atoms with Gasteiger partial charge in [0.1, 0.15) is 0 Å². The minimum absolute atomic E-state index is 0.380. The first-order valence-electron chi connectivity index (χ1n) is 3.76. The number of fused-ring (bicyclic) bond motifs is 1. The molecule has 2 amide bonds. The third-order valence-corrected chi connectivity index (χ3v) is 2.30. The van der Waals surface area contributed by atoms with E-state index in [0.717, 1.165) is 5.56 Å². The summed E-state index contributed by atoms with van der Waals surface area (Å²) in [4.78, 5) is 22.6. The number of aryl methyl sites for hydroxylation is 1. The molecule has 1 aliphatic rings. The minimum atomic E-state index is -0.443. The van der Waals surface area contributed by atoms with Crippen LogP contribution >= 0.6 is 11.8 Å². The molecular formula is C9H6ClNO2. The van der Waals surface area contributed by atoms with Crippen LogP contribution in [0.2, 0.25) is 0 Å². The van der Waals surface area contributed by atoms with Gasteiger partial charge in [-0.15, -0.1) is 0 Å². The number of imide groups is 1. The van der Waals surface area contributed by atoms with Gasteiger partial charge < -0.3 is 0 Å². The molecular weight excluding hydrogens is 190 g/mol. The molecule has 1 aliphatic heterocycles. The first-order valence-corrected chi connectivity index (χ1v) is 4.10. The largest absolute Gasteiger partial charge is 0.276 e. The van der Waals surface area contributed by atoms with Crippen molar-refractivity contribution in [2.45, 2.75) is 6.92 Å². The van der Waals surface area contributed by atoms with Crippen molar-refractivity contribution in [1.82, 2.24) is 4.42 Å². The van der Waals surface area contributed by atoms with Gasteiger partial charge >= 0.3 is 0 Å². The van der Waals surface area contributed by atoms with E-state index in [1.165, 1.54) is 0 Å². The number of hydrogen-bond donors (Lipinski definition) is 0. The maximum absolute atomic E-state index is 11.3. The van der Waals surface area contributed by atoms with Crippen LogP contribution < -0.4 is 0 Å². The molecule has 1 heterocycles. The van der Waals surface area contributed by atoms with Gasteiger partial charge in [0.25, 0.3) is 11.8 Å². The summed E-state index contributed by atoms with van der Waals surface area (Å²) >= 11 is 5.47. The molecule has 0 fully saturated rings. The van der Waals surface area contributed by atoms with Crippen molar-refractivity contribution in [2.24, 2.45) is 0 Å². The fraction of sp³-hybridized carbons (Fsp3) is 0.111. The smallest absolute Gasteiger partial charge is 0.267 e. The molecule has 1 aromatic carbocycles. The van der Waals surface area contributed by atoms with Crippen molar-refractivity contribution in [1.29, 1.82) is 0 Å². The zero-order valence-corrected chi connectivity index (χ0v) is 7.63. The maximum Gasteiger partial charge on any atom is 0.276 e. The Bertz CT molecular complexity index is 414. The number of rotatable bonds is 0. The fourth-order valence-corrected chi connectivity index (χ4v) is 1.51. The van der Waals surface area contributed by atoms with Gasteiger partial charge in [0.15, 0.2) is 0 Å². The zero-order valence-electron chi connectivity index (χ0n) is 6.87. The monoisotopic (exact) mass is 195 g/mol. The molecule has 3 nitrogen and oxygen atoms in total. The number of benzene rings is 1. The Morgan fingerprint density at radius 3 is 2.46 bits per heavy atom. The molecule has 2 rings (SSSR count). The number of amides is 2. The third-order valence-electron chi connectivity index (χ3n) is 1.99.